The van der Waals surface area contributed by atoms with Gasteiger partial charge in [-0.3, -0.25) is 4.79 Å². The van der Waals surface area contributed by atoms with E-state index in [9.17, 15) is 4.79 Å². The van der Waals surface area contributed by atoms with Crippen molar-refractivity contribution in [3.05, 3.63) is 31.8 Å². The van der Waals surface area contributed by atoms with Crippen LogP contribution in [0.25, 0.3) is 0 Å². The third kappa shape index (κ3) is 2.84. The van der Waals surface area contributed by atoms with Gasteiger partial charge < -0.3 is 10.2 Å². The fraction of sp³-hybridized carbons (Fsp3) is 0.333. The first-order chi connectivity index (χ1) is 8.63. The molecule has 1 aliphatic rings. The van der Waals surface area contributed by atoms with Gasteiger partial charge in [0.2, 0.25) is 0 Å². The fourth-order valence-electron chi connectivity index (χ4n) is 1.88. The van der Waals surface area contributed by atoms with Crippen molar-refractivity contribution < 1.29 is 4.79 Å². The average molecular weight is 420 g/mol. The largest absolute Gasteiger partial charge is 0.320 e. The zero-order chi connectivity index (χ0) is 13.1. The molecule has 2 rings (SSSR count). The number of piperazine rings is 1. The molecule has 1 heterocycles. The lowest BCUT2D eigenvalue weighted by Gasteiger charge is -2.32. The van der Waals surface area contributed by atoms with Crippen LogP contribution in [0.3, 0.4) is 0 Å². The maximum absolute atomic E-state index is 12.5. The number of benzene rings is 1. The minimum Gasteiger partial charge on any atom is -0.320 e. The fourth-order valence-corrected chi connectivity index (χ4v) is 2.79. The number of carbonyl (C=O) groups is 1. The Hall–Kier alpha value is -0.650. The monoisotopic (exact) mass is 419 g/mol. The van der Waals surface area contributed by atoms with Gasteiger partial charge in [0.15, 0.2) is 0 Å². The Bertz CT molecular complexity index is 515. The average Bonchev–Trinajstić information content (AvgIpc) is 2.40. The predicted octanol–water partition coefficient (Wildman–Crippen LogP) is 1.99. The number of amides is 1. The van der Waals surface area contributed by atoms with Crippen LogP contribution in [0, 0.1) is 14.9 Å². The highest BCUT2D eigenvalue weighted by molar-refractivity contribution is 14.1. The van der Waals surface area contributed by atoms with Crippen molar-refractivity contribution in [1.29, 1.82) is 5.26 Å². The molecule has 94 valence electrons. The molecule has 1 aromatic carbocycles. The molecule has 0 radical (unpaired) electrons. The molecule has 0 saturated carbocycles. The standard InChI is InChI=1S/C12H11BrIN3O/c13-11-2-1-8(14)5-10(11)12(18)17-4-3-16-7-9(17)6-15/h1-2,5,9,16H,3-4,7H2. The van der Waals surface area contributed by atoms with Crippen LogP contribution in [0.2, 0.25) is 0 Å². The third-order valence-electron chi connectivity index (χ3n) is 2.81. The molecule has 6 heteroatoms. The molecule has 1 unspecified atom stereocenters. The third-order valence-corrected chi connectivity index (χ3v) is 4.17. The number of rotatable bonds is 1. The molecule has 0 aliphatic carbocycles. The van der Waals surface area contributed by atoms with Gasteiger partial charge in [0.1, 0.15) is 6.04 Å². The Morgan fingerprint density at radius 3 is 3.11 bits per heavy atom. The number of nitrogens with zero attached hydrogens (tertiary/aromatic N) is 2. The summed E-state index contributed by atoms with van der Waals surface area (Å²) in [6, 6.07) is 7.40. The quantitative estimate of drug-likeness (QED) is 0.708. The normalized spacial score (nSPS) is 19.4. The summed E-state index contributed by atoms with van der Waals surface area (Å²) in [5, 5.41) is 12.2. The Labute approximate surface area is 128 Å². The maximum Gasteiger partial charge on any atom is 0.256 e. The summed E-state index contributed by atoms with van der Waals surface area (Å²) in [6.07, 6.45) is 0. The first kappa shape index (κ1) is 13.8. The number of halogens is 2. The topological polar surface area (TPSA) is 56.1 Å². The Morgan fingerprint density at radius 1 is 1.61 bits per heavy atom. The lowest BCUT2D eigenvalue weighted by Crippen LogP contribution is -2.53. The molecule has 0 bridgehead atoms. The molecule has 0 spiro atoms. The van der Waals surface area contributed by atoms with Crippen molar-refractivity contribution >= 4 is 44.4 Å². The first-order valence-electron chi connectivity index (χ1n) is 5.50. The smallest absolute Gasteiger partial charge is 0.256 e. The molecule has 1 N–H and O–H groups in total. The zero-order valence-corrected chi connectivity index (χ0v) is 13.2. The van der Waals surface area contributed by atoms with Crippen LogP contribution in [-0.2, 0) is 0 Å². The lowest BCUT2D eigenvalue weighted by molar-refractivity contribution is 0.0686. The van der Waals surface area contributed by atoms with Gasteiger partial charge in [-0.25, -0.2) is 0 Å². The van der Waals surface area contributed by atoms with E-state index in [4.69, 9.17) is 5.26 Å². The van der Waals surface area contributed by atoms with E-state index in [1.165, 1.54) is 0 Å². The summed E-state index contributed by atoms with van der Waals surface area (Å²) in [4.78, 5) is 14.1. The summed E-state index contributed by atoms with van der Waals surface area (Å²) >= 11 is 5.56. The predicted molar refractivity (Wildman–Crippen MR) is 80.2 cm³/mol. The number of carbonyl (C=O) groups excluding carboxylic acids is 1. The van der Waals surface area contributed by atoms with Crippen molar-refractivity contribution in [1.82, 2.24) is 10.2 Å². The minimum absolute atomic E-state index is 0.0894. The van der Waals surface area contributed by atoms with Gasteiger partial charge >= 0.3 is 0 Å². The van der Waals surface area contributed by atoms with Gasteiger partial charge in [0.05, 0.1) is 11.6 Å². The molecule has 1 saturated heterocycles. The molecular weight excluding hydrogens is 409 g/mol. The second kappa shape index (κ2) is 5.99. The highest BCUT2D eigenvalue weighted by Gasteiger charge is 2.28. The van der Waals surface area contributed by atoms with E-state index in [-0.39, 0.29) is 5.91 Å². The highest BCUT2D eigenvalue weighted by atomic mass is 127. The molecule has 1 amide bonds. The van der Waals surface area contributed by atoms with Crippen LogP contribution in [0.1, 0.15) is 10.4 Å². The van der Waals surface area contributed by atoms with E-state index in [0.717, 1.165) is 14.6 Å². The summed E-state index contributed by atoms with van der Waals surface area (Å²) in [6.45, 7) is 1.82. The van der Waals surface area contributed by atoms with E-state index in [2.05, 4.69) is 49.9 Å². The van der Waals surface area contributed by atoms with Crippen LogP contribution < -0.4 is 5.32 Å². The molecule has 1 aromatic rings. The van der Waals surface area contributed by atoms with Gasteiger partial charge in [0.25, 0.3) is 5.91 Å². The van der Waals surface area contributed by atoms with Crippen LogP contribution in [0.4, 0.5) is 0 Å². The highest BCUT2D eigenvalue weighted by Crippen LogP contribution is 2.22. The minimum atomic E-state index is -0.393. The van der Waals surface area contributed by atoms with E-state index in [0.29, 0.717) is 18.7 Å². The molecule has 1 fully saturated rings. The van der Waals surface area contributed by atoms with Crippen molar-refractivity contribution in [2.45, 2.75) is 6.04 Å². The number of nitriles is 1. The Morgan fingerprint density at radius 2 is 2.39 bits per heavy atom. The van der Waals surface area contributed by atoms with Crippen LogP contribution >= 0.6 is 38.5 Å². The lowest BCUT2D eigenvalue weighted by atomic mass is 10.1. The molecule has 18 heavy (non-hydrogen) atoms. The van der Waals surface area contributed by atoms with Gasteiger partial charge in [-0.05, 0) is 56.7 Å². The summed E-state index contributed by atoms with van der Waals surface area (Å²) < 4.78 is 1.77. The van der Waals surface area contributed by atoms with E-state index >= 15 is 0 Å². The maximum atomic E-state index is 12.5. The van der Waals surface area contributed by atoms with Gasteiger partial charge in [-0.15, -0.1) is 0 Å². The zero-order valence-electron chi connectivity index (χ0n) is 9.49. The van der Waals surface area contributed by atoms with Crippen molar-refractivity contribution in [2.24, 2.45) is 0 Å². The van der Waals surface area contributed by atoms with E-state index in [1.807, 2.05) is 18.2 Å². The Kier molecular flexibility index (Phi) is 4.59. The summed E-state index contributed by atoms with van der Waals surface area (Å²) in [7, 11) is 0. The Balaban J connectivity index is 2.30. The molecule has 4 nitrogen and oxygen atoms in total. The molecular formula is C12H11BrIN3O. The molecule has 1 atom stereocenters. The van der Waals surface area contributed by atoms with Crippen LogP contribution in [0.5, 0.6) is 0 Å². The van der Waals surface area contributed by atoms with Gasteiger partial charge in [0, 0.05) is 27.7 Å². The van der Waals surface area contributed by atoms with Crippen molar-refractivity contribution in [3.63, 3.8) is 0 Å². The number of hydrogen-bond donors (Lipinski definition) is 1. The SMILES string of the molecule is N#CC1CNCCN1C(=O)c1cc(I)ccc1Br. The summed E-state index contributed by atoms with van der Waals surface area (Å²) in [5.74, 6) is -0.0894. The number of hydrogen-bond acceptors (Lipinski definition) is 3. The first-order valence-corrected chi connectivity index (χ1v) is 7.37. The van der Waals surface area contributed by atoms with Gasteiger partial charge in [-0.1, -0.05) is 0 Å². The van der Waals surface area contributed by atoms with Gasteiger partial charge in [-0.2, -0.15) is 5.26 Å². The van der Waals surface area contributed by atoms with E-state index in [1.54, 1.807) is 4.90 Å². The van der Waals surface area contributed by atoms with Crippen LogP contribution in [-0.4, -0.2) is 36.5 Å². The number of nitrogens with one attached hydrogen (secondary N) is 1. The van der Waals surface area contributed by atoms with Crippen molar-refractivity contribution in [3.8, 4) is 6.07 Å². The molecule has 1 aliphatic heterocycles. The molecule has 0 aromatic heterocycles. The van der Waals surface area contributed by atoms with Crippen LogP contribution in [0.15, 0.2) is 22.7 Å². The second-order valence-electron chi connectivity index (χ2n) is 3.97. The van der Waals surface area contributed by atoms with E-state index < -0.39 is 6.04 Å². The summed E-state index contributed by atoms with van der Waals surface area (Å²) in [5.41, 5.74) is 0.615. The second-order valence-corrected chi connectivity index (χ2v) is 6.07. The van der Waals surface area contributed by atoms with Crippen molar-refractivity contribution in [2.75, 3.05) is 19.6 Å².